The van der Waals surface area contributed by atoms with Crippen LogP contribution in [0.2, 0.25) is 0 Å². The average molecular weight is 426 g/mol. The third-order valence-electron chi connectivity index (χ3n) is 6.39. The molecule has 2 aliphatic rings. The van der Waals surface area contributed by atoms with Crippen molar-refractivity contribution in [3.05, 3.63) is 52.3 Å². The lowest BCUT2D eigenvalue weighted by Crippen LogP contribution is -2.48. The van der Waals surface area contributed by atoms with Gasteiger partial charge in [0.15, 0.2) is 0 Å². The number of morpholine rings is 2. The minimum Gasteiger partial charge on any atom is -0.378 e. The van der Waals surface area contributed by atoms with E-state index in [2.05, 4.69) is 54.5 Å². The van der Waals surface area contributed by atoms with E-state index < -0.39 is 0 Å². The molecule has 0 unspecified atom stereocenters. The Balaban J connectivity index is 1.76. The van der Waals surface area contributed by atoms with E-state index in [0.29, 0.717) is 19.6 Å². The van der Waals surface area contributed by atoms with Crippen LogP contribution in [-0.2, 0) is 16.0 Å². The van der Waals surface area contributed by atoms with Crippen molar-refractivity contribution in [1.82, 2.24) is 9.47 Å². The Bertz CT molecular complexity index is 936. The quantitative estimate of drug-likeness (QED) is 0.752. The van der Waals surface area contributed by atoms with Gasteiger partial charge in [0.2, 0.25) is 0 Å². The van der Waals surface area contributed by atoms with E-state index in [1.807, 2.05) is 18.7 Å². The smallest absolute Gasteiger partial charge is 0.271 e. The Kier molecular flexibility index (Phi) is 6.39. The summed E-state index contributed by atoms with van der Waals surface area (Å²) < 4.78 is 13.7. The standard InChI is InChI=1S/C25H35N3O3/c1-17-7-6-8-22(13-17)16-28-21(5)23(26-9-11-30-12-10-26)20(4)24(28)25(29)27-14-18(2)31-19(3)15-27/h6-8,13,18-19H,9-12,14-16H2,1-5H3/t18-,19-/m0/s1. The molecule has 1 aromatic carbocycles. The molecule has 168 valence electrons. The fourth-order valence-electron chi connectivity index (χ4n) is 5.09. The second-order valence-corrected chi connectivity index (χ2v) is 9.05. The van der Waals surface area contributed by atoms with Gasteiger partial charge < -0.3 is 23.8 Å². The molecule has 2 fully saturated rings. The Morgan fingerprint density at radius 3 is 2.39 bits per heavy atom. The van der Waals surface area contributed by atoms with E-state index >= 15 is 0 Å². The van der Waals surface area contributed by atoms with Gasteiger partial charge in [-0.15, -0.1) is 0 Å². The summed E-state index contributed by atoms with van der Waals surface area (Å²) in [5, 5.41) is 0. The van der Waals surface area contributed by atoms with Crippen LogP contribution >= 0.6 is 0 Å². The second-order valence-electron chi connectivity index (χ2n) is 9.05. The van der Waals surface area contributed by atoms with Crippen molar-refractivity contribution in [3.63, 3.8) is 0 Å². The summed E-state index contributed by atoms with van der Waals surface area (Å²) in [6.07, 6.45) is 0.0982. The van der Waals surface area contributed by atoms with Gasteiger partial charge >= 0.3 is 0 Å². The first-order valence-corrected chi connectivity index (χ1v) is 11.4. The van der Waals surface area contributed by atoms with E-state index in [4.69, 9.17) is 9.47 Å². The van der Waals surface area contributed by atoms with Crippen LogP contribution in [0, 0.1) is 20.8 Å². The van der Waals surface area contributed by atoms with Crippen molar-refractivity contribution in [2.45, 2.75) is 53.4 Å². The van der Waals surface area contributed by atoms with Crippen molar-refractivity contribution in [2.24, 2.45) is 0 Å². The van der Waals surface area contributed by atoms with Crippen molar-refractivity contribution in [3.8, 4) is 0 Å². The molecule has 6 nitrogen and oxygen atoms in total. The molecule has 6 heteroatoms. The molecule has 0 saturated carbocycles. The number of aromatic nitrogens is 1. The van der Waals surface area contributed by atoms with Crippen LogP contribution in [-0.4, -0.2) is 67.0 Å². The molecule has 0 spiro atoms. The number of nitrogens with zero attached hydrogens (tertiary/aromatic N) is 3. The summed E-state index contributed by atoms with van der Waals surface area (Å²) in [5.74, 6) is 0.106. The minimum atomic E-state index is 0.0491. The first-order valence-electron chi connectivity index (χ1n) is 11.4. The van der Waals surface area contributed by atoms with Crippen LogP contribution in [0.25, 0.3) is 0 Å². The van der Waals surface area contributed by atoms with E-state index in [0.717, 1.165) is 43.3 Å². The fraction of sp³-hybridized carbons (Fsp3) is 0.560. The number of anilines is 1. The van der Waals surface area contributed by atoms with Crippen molar-refractivity contribution >= 4 is 11.6 Å². The molecule has 0 N–H and O–H groups in total. The van der Waals surface area contributed by atoms with Crippen LogP contribution in [0.3, 0.4) is 0 Å². The molecule has 0 bridgehead atoms. The Morgan fingerprint density at radius 2 is 1.74 bits per heavy atom. The number of ether oxygens (including phenoxy) is 2. The van der Waals surface area contributed by atoms with E-state index in [9.17, 15) is 4.79 Å². The van der Waals surface area contributed by atoms with Crippen molar-refractivity contribution in [1.29, 1.82) is 0 Å². The minimum absolute atomic E-state index is 0.0491. The highest BCUT2D eigenvalue weighted by atomic mass is 16.5. The zero-order valence-electron chi connectivity index (χ0n) is 19.5. The van der Waals surface area contributed by atoms with Gasteiger partial charge in [0.05, 0.1) is 31.1 Å². The van der Waals surface area contributed by atoms with Crippen molar-refractivity contribution < 1.29 is 14.3 Å². The number of aryl methyl sites for hydroxylation is 1. The van der Waals surface area contributed by atoms with Gasteiger partial charge in [0.1, 0.15) is 5.69 Å². The van der Waals surface area contributed by atoms with Gasteiger partial charge in [-0.2, -0.15) is 0 Å². The lowest BCUT2D eigenvalue weighted by atomic mass is 10.1. The summed E-state index contributed by atoms with van der Waals surface area (Å²) in [4.78, 5) is 18.2. The predicted octanol–water partition coefficient (Wildman–Crippen LogP) is 3.55. The van der Waals surface area contributed by atoms with E-state index in [1.54, 1.807) is 0 Å². The van der Waals surface area contributed by atoms with Crippen LogP contribution in [0.15, 0.2) is 24.3 Å². The Morgan fingerprint density at radius 1 is 1.06 bits per heavy atom. The topological polar surface area (TPSA) is 46.9 Å². The number of benzene rings is 1. The molecule has 0 aliphatic carbocycles. The number of hydrogen-bond donors (Lipinski definition) is 0. The highest BCUT2D eigenvalue weighted by Crippen LogP contribution is 2.33. The van der Waals surface area contributed by atoms with Crippen LogP contribution in [0.1, 0.15) is 46.7 Å². The third-order valence-corrected chi connectivity index (χ3v) is 6.39. The molecule has 3 heterocycles. The average Bonchev–Trinajstić information content (AvgIpc) is 2.97. The molecule has 1 amide bonds. The first-order chi connectivity index (χ1) is 14.8. The SMILES string of the molecule is Cc1cccc(Cn2c(C)c(N3CCOCC3)c(C)c2C(=O)N2C[C@H](C)O[C@@H](C)C2)c1. The van der Waals surface area contributed by atoms with Gasteiger partial charge in [-0.3, -0.25) is 4.79 Å². The van der Waals surface area contributed by atoms with Gasteiger partial charge in [0, 0.05) is 44.0 Å². The van der Waals surface area contributed by atoms with Gasteiger partial charge in [-0.25, -0.2) is 0 Å². The zero-order valence-corrected chi connectivity index (χ0v) is 19.5. The van der Waals surface area contributed by atoms with E-state index in [-0.39, 0.29) is 18.1 Å². The number of amides is 1. The lowest BCUT2D eigenvalue weighted by Gasteiger charge is -2.35. The summed E-state index contributed by atoms with van der Waals surface area (Å²) in [5.41, 5.74) is 6.67. The molecule has 1 aromatic heterocycles. The number of carbonyl (C=O) groups is 1. The molecule has 2 aliphatic heterocycles. The maximum absolute atomic E-state index is 13.8. The normalized spacial score (nSPS) is 22.1. The highest BCUT2D eigenvalue weighted by Gasteiger charge is 2.32. The molecular formula is C25H35N3O3. The number of rotatable bonds is 4. The van der Waals surface area contributed by atoms with Gasteiger partial charge in [-0.05, 0) is 40.2 Å². The number of hydrogen-bond acceptors (Lipinski definition) is 4. The summed E-state index contributed by atoms with van der Waals surface area (Å²) in [6.45, 7) is 15.6. The monoisotopic (exact) mass is 425 g/mol. The second kappa shape index (κ2) is 9.05. The summed E-state index contributed by atoms with van der Waals surface area (Å²) in [6, 6.07) is 8.55. The Labute approximate surface area is 185 Å². The molecule has 31 heavy (non-hydrogen) atoms. The highest BCUT2D eigenvalue weighted by molar-refractivity contribution is 5.97. The maximum Gasteiger partial charge on any atom is 0.271 e. The number of carbonyl (C=O) groups excluding carboxylic acids is 1. The first kappa shape index (κ1) is 21.9. The van der Waals surface area contributed by atoms with E-state index in [1.165, 1.54) is 16.8 Å². The molecule has 2 aromatic rings. The lowest BCUT2D eigenvalue weighted by molar-refractivity contribution is -0.0588. The van der Waals surface area contributed by atoms with Crippen LogP contribution in [0.5, 0.6) is 0 Å². The summed E-state index contributed by atoms with van der Waals surface area (Å²) in [7, 11) is 0. The molecular weight excluding hydrogens is 390 g/mol. The Hall–Kier alpha value is -2.31. The zero-order chi connectivity index (χ0) is 22.1. The molecule has 0 radical (unpaired) electrons. The third kappa shape index (κ3) is 4.51. The maximum atomic E-state index is 13.8. The molecule has 4 rings (SSSR count). The summed E-state index contributed by atoms with van der Waals surface area (Å²) >= 11 is 0. The largest absolute Gasteiger partial charge is 0.378 e. The molecule has 2 atom stereocenters. The van der Waals surface area contributed by atoms with Crippen LogP contribution in [0.4, 0.5) is 5.69 Å². The van der Waals surface area contributed by atoms with Crippen molar-refractivity contribution in [2.75, 3.05) is 44.3 Å². The van der Waals surface area contributed by atoms with Gasteiger partial charge in [0.25, 0.3) is 5.91 Å². The fourth-order valence-corrected chi connectivity index (χ4v) is 5.09. The van der Waals surface area contributed by atoms with Gasteiger partial charge in [-0.1, -0.05) is 29.8 Å². The molecule has 2 saturated heterocycles. The van der Waals surface area contributed by atoms with Crippen LogP contribution < -0.4 is 4.90 Å². The predicted molar refractivity (Wildman–Crippen MR) is 123 cm³/mol.